The summed E-state index contributed by atoms with van der Waals surface area (Å²) in [5, 5.41) is 3.66. The zero-order valence-corrected chi connectivity index (χ0v) is 14.5. The van der Waals surface area contributed by atoms with Gasteiger partial charge in [-0.2, -0.15) is 0 Å². The first-order chi connectivity index (χ1) is 10.3. The molecule has 2 aromatic carbocycles. The van der Waals surface area contributed by atoms with Crippen LogP contribution in [0.4, 0.5) is 0 Å². The fourth-order valence-corrected chi connectivity index (χ4v) is 3.08. The molecule has 1 atom stereocenters. The van der Waals surface area contributed by atoms with Gasteiger partial charge in [0.2, 0.25) is 0 Å². The van der Waals surface area contributed by atoms with Gasteiger partial charge in [0, 0.05) is 4.47 Å². The molecule has 1 nitrogen and oxygen atoms in total. The highest BCUT2D eigenvalue weighted by atomic mass is 79.9. The largest absolute Gasteiger partial charge is 0.306 e. The van der Waals surface area contributed by atoms with Gasteiger partial charge in [-0.25, -0.2) is 0 Å². The summed E-state index contributed by atoms with van der Waals surface area (Å²) < 4.78 is 1.16. The predicted molar refractivity (Wildman–Crippen MR) is 94.7 cm³/mol. The zero-order chi connectivity index (χ0) is 15.1. The van der Waals surface area contributed by atoms with Crippen molar-refractivity contribution in [2.75, 3.05) is 6.54 Å². The Morgan fingerprint density at radius 2 is 1.67 bits per heavy atom. The van der Waals surface area contributed by atoms with Crippen LogP contribution in [0.15, 0.2) is 53.0 Å². The molecule has 0 aliphatic rings. The van der Waals surface area contributed by atoms with E-state index in [1.165, 1.54) is 23.1 Å². The fourth-order valence-electron chi connectivity index (χ4n) is 2.57. The average molecular weight is 346 g/mol. The van der Waals surface area contributed by atoms with E-state index in [-0.39, 0.29) is 6.04 Å². The Hall–Kier alpha value is -1.12. The third kappa shape index (κ3) is 4.42. The predicted octanol–water partition coefficient (Wildman–Crippen LogP) is 5.49. The number of halogens is 1. The van der Waals surface area contributed by atoms with Crippen molar-refractivity contribution in [1.29, 1.82) is 0 Å². The van der Waals surface area contributed by atoms with Crippen LogP contribution < -0.4 is 5.32 Å². The highest BCUT2D eigenvalue weighted by Gasteiger charge is 2.15. The number of hydrogen-bond acceptors (Lipinski definition) is 1. The molecule has 21 heavy (non-hydrogen) atoms. The molecule has 0 saturated heterocycles. The summed E-state index contributed by atoms with van der Waals surface area (Å²) in [5.74, 6) is 0. The SMILES string of the molecule is CCCNC(c1ccc(CCC)cc1)c1ccccc1Br. The fraction of sp³-hybridized carbons (Fsp3) is 0.368. The van der Waals surface area contributed by atoms with Crippen LogP contribution in [0, 0.1) is 0 Å². The van der Waals surface area contributed by atoms with E-state index in [1.807, 2.05) is 0 Å². The molecule has 0 aliphatic carbocycles. The number of nitrogens with one attached hydrogen (secondary N) is 1. The molecule has 1 unspecified atom stereocenters. The van der Waals surface area contributed by atoms with Crippen molar-refractivity contribution in [2.45, 2.75) is 39.2 Å². The van der Waals surface area contributed by atoms with Crippen LogP contribution in [0.1, 0.15) is 49.4 Å². The van der Waals surface area contributed by atoms with E-state index in [4.69, 9.17) is 0 Å². The van der Waals surface area contributed by atoms with Gasteiger partial charge in [-0.3, -0.25) is 0 Å². The first-order valence-corrected chi connectivity index (χ1v) is 8.62. The molecule has 0 heterocycles. The molecular formula is C19H24BrN. The molecule has 2 aromatic rings. The van der Waals surface area contributed by atoms with Crippen LogP contribution in [0.5, 0.6) is 0 Å². The topological polar surface area (TPSA) is 12.0 Å². The van der Waals surface area contributed by atoms with Crippen molar-refractivity contribution in [3.63, 3.8) is 0 Å². The van der Waals surface area contributed by atoms with Gasteiger partial charge < -0.3 is 5.32 Å². The Morgan fingerprint density at radius 1 is 0.952 bits per heavy atom. The first-order valence-electron chi connectivity index (χ1n) is 7.83. The van der Waals surface area contributed by atoms with E-state index in [0.717, 1.165) is 23.9 Å². The lowest BCUT2D eigenvalue weighted by atomic mass is 9.97. The second kappa shape index (κ2) is 8.35. The quantitative estimate of drug-likeness (QED) is 0.699. The number of aryl methyl sites for hydroxylation is 1. The van der Waals surface area contributed by atoms with Gasteiger partial charge in [0.25, 0.3) is 0 Å². The summed E-state index contributed by atoms with van der Waals surface area (Å²) in [6.45, 7) is 5.44. The van der Waals surface area contributed by atoms with Crippen LogP contribution in [0.3, 0.4) is 0 Å². The summed E-state index contributed by atoms with van der Waals surface area (Å²) in [6.07, 6.45) is 3.48. The monoisotopic (exact) mass is 345 g/mol. The van der Waals surface area contributed by atoms with Crippen LogP contribution in [0.25, 0.3) is 0 Å². The molecule has 112 valence electrons. The third-order valence-corrected chi connectivity index (χ3v) is 4.39. The summed E-state index contributed by atoms with van der Waals surface area (Å²) in [7, 11) is 0. The summed E-state index contributed by atoms with van der Waals surface area (Å²) in [4.78, 5) is 0. The second-order valence-electron chi connectivity index (χ2n) is 5.40. The van der Waals surface area contributed by atoms with Crippen molar-refractivity contribution in [1.82, 2.24) is 5.32 Å². The van der Waals surface area contributed by atoms with E-state index in [1.54, 1.807) is 0 Å². The van der Waals surface area contributed by atoms with Crippen molar-refractivity contribution in [2.24, 2.45) is 0 Å². The standard InChI is InChI=1S/C19H24BrN/c1-3-7-15-10-12-16(13-11-15)19(21-14-4-2)17-8-5-6-9-18(17)20/h5-6,8-13,19,21H,3-4,7,14H2,1-2H3. The molecule has 1 N–H and O–H groups in total. The first kappa shape index (κ1) is 16.3. The Kier molecular flexibility index (Phi) is 6.47. The van der Waals surface area contributed by atoms with Crippen LogP contribution in [0.2, 0.25) is 0 Å². The second-order valence-corrected chi connectivity index (χ2v) is 6.25. The smallest absolute Gasteiger partial charge is 0.0587 e. The molecule has 0 spiro atoms. The molecule has 0 saturated carbocycles. The molecule has 0 fully saturated rings. The lowest BCUT2D eigenvalue weighted by Gasteiger charge is -2.21. The maximum Gasteiger partial charge on any atom is 0.0587 e. The highest BCUT2D eigenvalue weighted by molar-refractivity contribution is 9.10. The van der Waals surface area contributed by atoms with Gasteiger partial charge in [-0.05, 0) is 42.1 Å². The molecule has 2 heteroatoms. The van der Waals surface area contributed by atoms with Crippen molar-refractivity contribution in [3.05, 3.63) is 69.7 Å². The molecule has 0 bridgehead atoms. The Labute approximate surface area is 136 Å². The molecule has 0 aliphatic heterocycles. The van der Waals surface area contributed by atoms with Crippen molar-refractivity contribution < 1.29 is 0 Å². The normalized spacial score (nSPS) is 12.3. The maximum absolute atomic E-state index is 3.69. The van der Waals surface area contributed by atoms with E-state index >= 15 is 0 Å². The number of rotatable bonds is 7. The number of hydrogen-bond donors (Lipinski definition) is 1. The minimum Gasteiger partial charge on any atom is -0.306 e. The molecule has 0 radical (unpaired) electrons. The van der Waals surface area contributed by atoms with E-state index in [0.29, 0.717) is 0 Å². The van der Waals surface area contributed by atoms with Gasteiger partial charge >= 0.3 is 0 Å². The van der Waals surface area contributed by atoms with Crippen LogP contribution in [-0.2, 0) is 6.42 Å². The van der Waals surface area contributed by atoms with Gasteiger partial charge in [-0.15, -0.1) is 0 Å². The lowest BCUT2D eigenvalue weighted by molar-refractivity contribution is 0.596. The molecule has 0 aromatic heterocycles. The third-order valence-electron chi connectivity index (χ3n) is 3.67. The summed E-state index contributed by atoms with van der Waals surface area (Å²) >= 11 is 3.69. The Bertz CT molecular complexity index is 548. The minimum absolute atomic E-state index is 0.246. The van der Waals surface area contributed by atoms with Crippen molar-refractivity contribution in [3.8, 4) is 0 Å². The Morgan fingerprint density at radius 3 is 2.29 bits per heavy atom. The lowest BCUT2D eigenvalue weighted by Crippen LogP contribution is -2.23. The van der Waals surface area contributed by atoms with E-state index in [2.05, 4.69) is 83.6 Å². The Balaban J connectivity index is 2.29. The zero-order valence-electron chi connectivity index (χ0n) is 12.9. The van der Waals surface area contributed by atoms with Gasteiger partial charge in [0.1, 0.15) is 0 Å². The van der Waals surface area contributed by atoms with Crippen LogP contribution >= 0.6 is 15.9 Å². The average Bonchev–Trinajstić information content (AvgIpc) is 2.51. The maximum atomic E-state index is 3.69. The van der Waals surface area contributed by atoms with E-state index < -0.39 is 0 Å². The van der Waals surface area contributed by atoms with Crippen molar-refractivity contribution >= 4 is 15.9 Å². The number of benzene rings is 2. The molecular weight excluding hydrogens is 322 g/mol. The summed E-state index contributed by atoms with van der Waals surface area (Å²) in [5.41, 5.74) is 4.05. The molecule has 0 amide bonds. The van der Waals surface area contributed by atoms with Gasteiger partial charge in [0.05, 0.1) is 6.04 Å². The van der Waals surface area contributed by atoms with Crippen LogP contribution in [-0.4, -0.2) is 6.54 Å². The minimum atomic E-state index is 0.246. The van der Waals surface area contributed by atoms with E-state index in [9.17, 15) is 0 Å². The summed E-state index contributed by atoms with van der Waals surface area (Å²) in [6, 6.07) is 17.8. The van der Waals surface area contributed by atoms with Gasteiger partial charge in [-0.1, -0.05) is 78.7 Å². The molecule has 2 rings (SSSR count). The highest BCUT2D eigenvalue weighted by Crippen LogP contribution is 2.28. The van der Waals surface area contributed by atoms with Gasteiger partial charge in [0.15, 0.2) is 0 Å².